The summed E-state index contributed by atoms with van der Waals surface area (Å²) < 4.78 is 0. The molecule has 85 valence electrons. The van der Waals surface area contributed by atoms with Crippen LogP contribution in [0.3, 0.4) is 0 Å². The van der Waals surface area contributed by atoms with Gasteiger partial charge in [0, 0.05) is 50.1 Å². The Hall–Kier alpha value is 0.406. The number of carboxylic acid groups (broad SMARTS) is 1. The largest absolute Gasteiger partial charge is 0.480 e. The molecule has 0 aromatic rings. The quantitative estimate of drug-likeness (QED) is 0.211. The second-order valence-corrected chi connectivity index (χ2v) is 2.39. The fraction of sp³-hybridized carbons (Fsp3) is 0.667. The third kappa shape index (κ3) is 17.0. The van der Waals surface area contributed by atoms with Gasteiger partial charge in [-0.15, -0.1) is 12.4 Å². The fourth-order valence-corrected chi connectivity index (χ4v) is 0.643. The van der Waals surface area contributed by atoms with E-state index in [2.05, 4.69) is 4.99 Å². The monoisotopic (exact) mass is 327 g/mol. The Balaban J connectivity index is -0.000000202. The van der Waals surface area contributed by atoms with Gasteiger partial charge in [-0.05, 0) is 12.8 Å². The zero-order chi connectivity index (χ0) is 9.56. The summed E-state index contributed by atoms with van der Waals surface area (Å²) in [5.41, 5.74) is 15.3. The first-order chi connectivity index (χ1) is 5.54. The minimum absolute atomic E-state index is 0. The van der Waals surface area contributed by atoms with Gasteiger partial charge in [-0.1, -0.05) is 0 Å². The van der Waals surface area contributed by atoms with Crippen LogP contribution in [0.1, 0.15) is 12.8 Å². The molecule has 0 aliphatic heterocycles. The number of carbonyl (C=O) groups is 1. The molecule has 0 saturated carbocycles. The Labute approximate surface area is 125 Å². The summed E-state index contributed by atoms with van der Waals surface area (Å²) in [4.78, 5) is 13.9. The van der Waals surface area contributed by atoms with Crippen LogP contribution in [0, 0.1) is 0 Å². The van der Waals surface area contributed by atoms with Crippen LogP contribution in [0.15, 0.2) is 4.99 Å². The summed E-state index contributed by atoms with van der Waals surface area (Å²) >= 11 is 0. The van der Waals surface area contributed by atoms with Crippen molar-refractivity contribution in [2.75, 3.05) is 6.54 Å². The van der Waals surface area contributed by atoms with Gasteiger partial charge in [0.05, 0.1) is 0 Å². The zero-order valence-corrected chi connectivity index (χ0v) is 12.6. The Bertz CT molecular complexity index is 192. The Kier molecular flexibility index (Phi) is 23.6. The molecule has 0 amide bonds. The van der Waals surface area contributed by atoms with Gasteiger partial charge in [0.25, 0.3) is 0 Å². The first-order valence-electron chi connectivity index (χ1n) is 3.58. The molecule has 0 heterocycles. The Morgan fingerprint density at radius 3 is 2.20 bits per heavy atom. The van der Waals surface area contributed by atoms with Crippen LogP contribution in [-0.2, 0) is 31.0 Å². The molecule has 0 aliphatic rings. The normalized spacial score (nSPS) is 9.67. The molecule has 7 N–H and O–H groups in total. The zero-order valence-electron chi connectivity index (χ0n) is 8.22. The number of aliphatic imine (C=N–C) groups is 1. The first-order valence-corrected chi connectivity index (χ1v) is 3.58. The van der Waals surface area contributed by atoms with E-state index in [9.17, 15) is 4.79 Å². The molecule has 0 saturated heterocycles. The van der Waals surface area contributed by atoms with Crippen LogP contribution in [0.4, 0.5) is 0 Å². The van der Waals surface area contributed by atoms with E-state index in [1.807, 2.05) is 0 Å². The summed E-state index contributed by atoms with van der Waals surface area (Å²) in [7, 11) is 0. The molecule has 0 aromatic carbocycles. The summed E-state index contributed by atoms with van der Waals surface area (Å²) in [6, 6.07) is -0.820. The molecule has 0 spiro atoms. The van der Waals surface area contributed by atoms with Gasteiger partial charge in [-0.25, -0.2) is 0 Å². The van der Waals surface area contributed by atoms with Crippen LogP contribution < -0.4 is 17.2 Å². The maximum atomic E-state index is 10.2. The summed E-state index contributed by atoms with van der Waals surface area (Å²) in [5.74, 6) is -0.987. The summed E-state index contributed by atoms with van der Waals surface area (Å²) in [6.45, 7) is 0.420. The number of nitrogens with zero attached hydrogens (tertiary/aromatic N) is 1. The maximum absolute atomic E-state index is 10.2. The van der Waals surface area contributed by atoms with E-state index < -0.39 is 12.0 Å². The van der Waals surface area contributed by atoms with Crippen molar-refractivity contribution in [2.24, 2.45) is 22.2 Å². The second-order valence-electron chi connectivity index (χ2n) is 2.39. The van der Waals surface area contributed by atoms with Gasteiger partial charge in [0.15, 0.2) is 5.96 Å². The van der Waals surface area contributed by atoms with Gasteiger partial charge in [0.2, 0.25) is 0 Å². The van der Waals surface area contributed by atoms with Crippen molar-refractivity contribution in [3.8, 4) is 0 Å². The number of hydrogen-bond acceptors (Lipinski definition) is 3. The molecule has 15 heavy (non-hydrogen) atoms. The predicted molar refractivity (Wildman–Crippen MR) is 58.5 cm³/mol. The van der Waals surface area contributed by atoms with Gasteiger partial charge >= 0.3 is 5.97 Å². The third-order valence-corrected chi connectivity index (χ3v) is 1.28. The molecule has 1 unspecified atom stereocenters. The minimum Gasteiger partial charge on any atom is -0.480 e. The molecule has 0 fully saturated rings. The van der Waals surface area contributed by atoms with E-state index in [1.54, 1.807) is 0 Å². The van der Waals surface area contributed by atoms with Gasteiger partial charge in [0.1, 0.15) is 6.04 Å². The molecule has 6 nitrogen and oxygen atoms in total. The molecule has 0 bridgehead atoms. The Morgan fingerprint density at radius 1 is 1.40 bits per heavy atom. The van der Waals surface area contributed by atoms with E-state index >= 15 is 0 Å². The van der Waals surface area contributed by atoms with Crippen molar-refractivity contribution in [1.29, 1.82) is 0 Å². The molecule has 0 aliphatic carbocycles. The molecule has 3 radical (unpaired) electrons. The van der Waals surface area contributed by atoms with Crippen molar-refractivity contribution in [3.63, 3.8) is 0 Å². The number of rotatable bonds is 5. The van der Waals surface area contributed by atoms with Crippen molar-refractivity contribution in [1.82, 2.24) is 0 Å². The number of hydrogen-bond donors (Lipinski definition) is 4. The number of carboxylic acids is 1. The van der Waals surface area contributed by atoms with Crippen LogP contribution in [-0.4, -0.2) is 47.0 Å². The van der Waals surface area contributed by atoms with Crippen molar-refractivity contribution < 1.29 is 36.1 Å². The fourth-order valence-electron chi connectivity index (χ4n) is 0.643. The van der Waals surface area contributed by atoms with Crippen LogP contribution in [0.25, 0.3) is 0 Å². The second kappa shape index (κ2) is 14.4. The van der Waals surface area contributed by atoms with Crippen LogP contribution >= 0.6 is 12.4 Å². The van der Waals surface area contributed by atoms with Crippen molar-refractivity contribution in [3.05, 3.63) is 0 Å². The van der Waals surface area contributed by atoms with E-state index in [-0.39, 0.29) is 61.9 Å². The van der Waals surface area contributed by atoms with Crippen LogP contribution in [0.2, 0.25) is 0 Å². The molecule has 0 aromatic heterocycles. The third-order valence-electron chi connectivity index (χ3n) is 1.28. The predicted octanol–water partition coefficient (Wildman–Crippen LogP) is -1.51. The Morgan fingerprint density at radius 2 is 1.87 bits per heavy atom. The van der Waals surface area contributed by atoms with Crippen molar-refractivity contribution >= 4 is 41.7 Å². The van der Waals surface area contributed by atoms with Crippen molar-refractivity contribution in [2.45, 2.75) is 18.9 Å². The van der Waals surface area contributed by atoms with E-state index in [0.717, 1.165) is 0 Å². The number of guanidine groups is 1. The van der Waals surface area contributed by atoms with Gasteiger partial charge in [-0.3, -0.25) is 9.79 Å². The maximum Gasteiger partial charge on any atom is 0.320 e. The summed E-state index contributed by atoms with van der Waals surface area (Å²) in [6.07, 6.45) is 0.956. The number of halogens is 1. The first kappa shape index (κ1) is 24.6. The molecule has 0 rings (SSSR count). The summed E-state index contributed by atoms with van der Waals surface area (Å²) in [5, 5.41) is 8.38. The minimum atomic E-state index is -1.00. The smallest absolute Gasteiger partial charge is 0.320 e. The standard InChI is InChI=1S/C6H14N4O2.Al.ClH.Zr/c7-4(5(11)12)2-1-3-10-6(8)9;;;/h4H,1-3,7H2,(H,11,12)(H4,8,9,10);;1H;. The van der Waals surface area contributed by atoms with E-state index in [1.165, 1.54) is 0 Å². The molecular weight excluding hydrogens is 314 g/mol. The number of aliphatic carboxylic acids is 1. The SMILES string of the molecule is Cl.NC(N)=NCCCC(N)C(=O)O.[Al].[Zr]. The number of nitrogens with two attached hydrogens (primary N) is 3. The van der Waals surface area contributed by atoms with E-state index in [0.29, 0.717) is 19.4 Å². The average molecular weight is 329 g/mol. The molecule has 9 heteroatoms. The molecular formula is C6H15AlClN4O2Zr. The van der Waals surface area contributed by atoms with Crippen LogP contribution in [0.5, 0.6) is 0 Å². The van der Waals surface area contributed by atoms with Gasteiger partial charge in [-0.2, -0.15) is 0 Å². The van der Waals surface area contributed by atoms with E-state index in [4.69, 9.17) is 22.3 Å². The average Bonchev–Trinajstić information content (AvgIpc) is 1.97. The topological polar surface area (TPSA) is 128 Å². The van der Waals surface area contributed by atoms with Gasteiger partial charge < -0.3 is 22.3 Å². The molecule has 1 atom stereocenters.